The first-order chi connectivity index (χ1) is 12.3. The van der Waals surface area contributed by atoms with Gasteiger partial charge >= 0.3 is 0 Å². The maximum atomic E-state index is 6.48. The lowest BCUT2D eigenvalue weighted by Crippen LogP contribution is -2.16. The highest BCUT2D eigenvalue weighted by Crippen LogP contribution is 2.34. The van der Waals surface area contributed by atoms with Crippen LogP contribution in [0.1, 0.15) is 25.7 Å². The van der Waals surface area contributed by atoms with Crippen molar-refractivity contribution >= 4 is 17.4 Å². The van der Waals surface area contributed by atoms with Gasteiger partial charge in [-0.15, -0.1) is 0 Å². The van der Waals surface area contributed by atoms with Gasteiger partial charge in [-0.25, -0.2) is 9.97 Å². The maximum Gasteiger partial charge on any atom is 0.172 e. The summed E-state index contributed by atoms with van der Waals surface area (Å²) in [5.74, 6) is 0.687. The molecule has 0 spiro atoms. The van der Waals surface area contributed by atoms with E-state index in [2.05, 4.69) is 17.4 Å². The summed E-state index contributed by atoms with van der Waals surface area (Å²) in [5, 5.41) is 3.93. The van der Waals surface area contributed by atoms with Crippen molar-refractivity contribution in [2.45, 2.75) is 31.7 Å². The Morgan fingerprint density at radius 1 is 0.760 bits per heavy atom. The lowest BCUT2D eigenvalue weighted by Gasteiger charge is -2.17. The zero-order valence-electron chi connectivity index (χ0n) is 14.0. The number of nitrogens with zero attached hydrogens (tertiary/aromatic N) is 2. The van der Waals surface area contributed by atoms with E-state index in [0.29, 0.717) is 17.0 Å². The number of nitrogens with one attached hydrogen (secondary N) is 1. The van der Waals surface area contributed by atoms with Crippen LogP contribution in [0.25, 0.3) is 22.5 Å². The fourth-order valence-corrected chi connectivity index (χ4v) is 3.55. The van der Waals surface area contributed by atoms with Crippen molar-refractivity contribution in [2.75, 3.05) is 5.32 Å². The van der Waals surface area contributed by atoms with Crippen molar-refractivity contribution in [3.05, 3.63) is 65.8 Å². The second-order valence-corrected chi connectivity index (χ2v) is 6.78. The Morgan fingerprint density at radius 2 is 1.28 bits per heavy atom. The van der Waals surface area contributed by atoms with Crippen LogP contribution in [-0.4, -0.2) is 16.0 Å². The molecule has 1 aliphatic rings. The first-order valence-electron chi connectivity index (χ1n) is 8.76. The summed E-state index contributed by atoms with van der Waals surface area (Å²) in [6.45, 7) is 0. The zero-order valence-corrected chi connectivity index (χ0v) is 14.7. The molecule has 4 heteroatoms. The molecule has 0 bridgehead atoms. The van der Waals surface area contributed by atoms with E-state index < -0.39 is 0 Å². The van der Waals surface area contributed by atoms with Crippen LogP contribution >= 0.6 is 11.6 Å². The minimum absolute atomic E-state index is 0.436. The first-order valence-corrected chi connectivity index (χ1v) is 9.14. The number of aromatic nitrogens is 2. The molecule has 0 unspecified atom stereocenters. The molecule has 0 radical (unpaired) electrons. The van der Waals surface area contributed by atoms with Gasteiger partial charge in [0.05, 0.1) is 11.4 Å². The van der Waals surface area contributed by atoms with Crippen molar-refractivity contribution in [3.63, 3.8) is 0 Å². The summed E-state index contributed by atoms with van der Waals surface area (Å²) in [6, 6.07) is 20.7. The Kier molecular flexibility index (Phi) is 4.66. The van der Waals surface area contributed by atoms with Gasteiger partial charge in [-0.2, -0.15) is 0 Å². The van der Waals surface area contributed by atoms with Gasteiger partial charge in [-0.05, 0) is 12.8 Å². The molecular formula is C21H20ClN3. The van der Waals surface area contributed by atoms with E-state index >= 15 is 0 Å². The van der Waals surface area contributed by atoms with Crippen molar-refractivity contribution in [1.29, 1.82) is 0 Å². The van der Waals surface area contributed by atoms with E-state index in [0.717, 1.165) is 22.5 Å². The smallest absolute Gasteiger partial charge is 0.172 e. The van der Waals surface area contributed by atoms with E-state index in [9.17, 15) is 0 Å². The Hall–Kier alpha value is -2.39. The molecule has 2 aromatic carbocycles. The Balaban J connectivity index is 1.82. The fourth-order valence-electron chi connectivity index (χ4n) is 3.36. The summed E-state index contributed by atoms with van der Waals surface area (Å²) in [5.41, 5.74) is 3.73. The van der Waals surface area contributed by atoms with E-state index in [1.807, 2.05) is 48.5 Å². The average Bonchev–Trinajstić information content (AvgIpc) is 3.18. The van der Waals surface area contributed by atoms with E-state index in [1.54, 1.807) is 0 Å². The largest absolute Gasteiger partial charge is 0.365 e. The molecule has 0 saturated heterocycles. The van der Waals surface area contributed by atoms with Gasteiger partial charge < -0.3 is 5.32 Å². The Labute approximate surface area is 153 Å². The highest BCUT2D eigenvalue weighted by molar-refractivity contribution is 6.32. The van der Waals surface area contributed by atoms with Gasteiger partial charge in [0.2, 0.25) is 0 Å². The quantitative estimate of drug-likeness (QED) is 0.645. The summed E-state index contributed by atoms with van der Waals surface area (Å²) < 4.78 is 0. The third-order valence-corrected chi connectivity index (χ3v) is 4.91. The number of hydrogen-bond donors (Lipinski definition) is 1. The van der Waals surface area contributed by atoms with Gasteiger partial charge in [0.25, 0.3) is 0 Å². The van der Waals surface area contributed by atoms with Gasteiger partial charge in [-0.3, -0.25) is 0 Å². The van der Waals surface area contributed by atoms with Crippen LogP contribution < -0.4 is 5.32 Å². The summed E-state index contributed by atoms with van der Waals surface area (Å²) in [7, 11) is 0. The third kappa shape index (κ3) is 3.52. The molecule has 126 valence electrons. The van der Waals surface area contributed by atoms with Crippen molar-refractivity contribution in [1.82, 2.24) is 9.97 Å². The summed E-state index contributed by atoms with van der Waals surface area (Å²) in [4.78, 5) is 9.58. The maximum absolute atomic E-state index is 6.48. The number of benzene rings is 2. The molecule has 0 amide bonds. The molecule has 4 rings (SSSR count). The SMILES string of the molecule is Clc1nc(-c2ccccc2)c(-c2ccccc2)nc1NC1CCCC1. The number of anilines is 1. The molecule has 1 heterocycles. The molecule has 25 heavy (non-hydrogen) atoms. The molecule has 3 aromatic rings. The van der Waals surface area contributed by atoms with Crippen LogP contribution in [0.15, 0.2) is 60.7 Å². The minimum Gasteiger partial charge on any atom is -0.365 e. The van der Waals surface area contributed by atoms with Crippen molar-refractivity contribution < 1.29 is 0 Å². The molecule has 0 atom stereocenters. The molecule has 1 saturated carbocycles. The highest BCUT2D eigenvalue weighted by Gasteiger charge is 2.20. The van der Waals surface area contributed by atoms with E-state index in [4.69, 9.17) is 21.6 Å². The first kappa shape index (κ1) is 16.1. The van der Waals surface area contributed by atoms with Crippen LogP contribution in [0.4, 0.5) is 5.82 Å². The Morgan fingerprint density at radius 3 is 1.84 bits per heavy atom. The summed E-state index contributed by atoms with van der Waals surface area (Å²) >= 11 is 6.48. The molecule has 1 aromatic heterocycles. The lowest BCUT2D eigenvalue weighted by molar-refractivity contribution is 0.750. The fraction of sp³-hybridized carbons (Fsp3) is 0.238. The predicted molar refractivity (Wildman–Crippen MR) is 104 cm³/mol. The van der Waals surface area contributed by atoms with Crippen LogP contribution in [0, 0.1) is 0 Å². The summed E-state index contributed by atoms with van der Waals surface area (Å²) in [6.07, 6.45) is 4.85. The topological polar surface area (TPSA) is 37.8 Å². The monoisotopic (exact) mass is 349 g/mol. The third-order valence-electron chi connectivity index (χ3n) is 4.64. The van der Waals surface area contributed by atoms with Crippen LogP contribution in [0.2, 0.25) is 5.15 Å². The van der Waals surface area contributed by atoms with Gasteiger partial charge in [-0.1, -0.05) is 85.1 Å². The molecule has 1 N–H and O–H groups in total. The second kappa shape index (κ2) is 7.24. The molecule has 1 aliphatic carbocycles. The molecular weight excluding hydrogens is 330 g/mol. The predicted octanol–water partition coefficient (Wildman–Crippen LogP) is 5.82. The van der Waals surface area contributed by atoms with E-state index in [-0.39, 0.29) is 0 Å². The van der Waals surface area contributed by atoms with Crippen molar-refractivity contribution in [2.24, 2.45) is 0 Å². The van der Waals surface area contributed by atoms with Gasteiger partial charge in [0.15, 0.2) is 11.0 Å². The van der Waals surface area contributed by atoms with Gasteiger partial charge in [0.1, 0.15) is 0 Å². The Bertz CT molecular complexity index is 844. The molecule has 1 fully saturated rings. The lowest BCUT2D eigenvalue weighted by atomic mass is 10.0. The number of hydrogen-bond acceptors (Lipinski definition) is 3. The molecule has 3 nitrogen and oxygen atoms in total. The van der Waals surface area contributed by atoms with E-state index in [1.165, 1.54) is 25.7 Å². The number of halogens is 1. The molecule has 0 aliphatic heterocycles. The minimum atomic E-state index is 0.436. The zero-order chi connectivity index (χ0) is 17.1. The number of rotatable bonds is 4. The standard InChI is InChI=1S/C21H20ClN3/c22-20-21(23-17-13-7-8-14-17)25-19(16-11-5-2-6-12-16)18(24-20)15-9-3-1-4-10-15/h1-6,9-12,17H,7-8,13-14H2,(H,23,25). The van der Waals surface area contributed by atoms with Crippen LogP contribution in [-0.2, 0) is 0 Å². The highest BCUT2D eigenvalue weighted by atomic mass is 35.5. The van der Waals surface area contributed by atoms with Gasteiger partial charge in [0, 0.05) is 17.2 Å². The second-order valence-electron chi connectivity index (χ2n) is 6.42. The normalized spacial score (nSPS) is 14.6. The van der Waals surface area contributed by atoms with Crippen LogP contribution in [0.3, 0.4) is 0 Å². The van der Waals surface area contributed by atoms with Crippen molar-refractivity contribution in [3.8, 4) is 22.5 Å². The van der Waals surface area contributed by atoms with Crippen LogP contribution in [0.5, 0.6) is 0 Å². The average molecular weight is 350 g/mol.